The number of urea groups is 1. The van der Waals surface area contributed by atoms with Crippen LogP contribution in [0.5, 0.6) is 0 Å². The van der Waals surface area contributed by atoms with E-state index >= 15 is 0 Å². The number of sulfonamides is 1. The minimum absolute atomic E-state index is 0.0462. The van der Waals surface area contributed by atoms with E-state index in [-0.39, 0.29) is 25.9 Å². The van der Waals surface area contributed by atoms with E-state index < -0.39 is 27.6 Å². The van der Waals surface area contributed by atoms with Gasteiger partial charge in [0.2, 0.25) is 10.0 Å². The Bertz CT molecular complexity index is 417. The number of hydrogen-bond donors (Lipinski definition) is 4. The highest BCUT2D eigenvalue weighted by molar-refractivity contribution is 7.88. The molecule has 19 heavy (non-hydrogen) atoms. The van der Waals surface area contributed by atoms with E-state index in [9.17, 15) is 18.0 Å². The van der Waals surface area contributed by atoms with Crippen molar-refractivity contribution in [2.45, 2.75) is 32.2 Å². The minimum Gasteiger partial charge on any atom is -0.480 e. The topological polar surface area (TPSA) is 125 Å². The molecule has 0 saturated carbocycles. The van der Waals surface area contributed by atoms with Gasteiger partial charge in [-0.05, 0) is 12.8 Å². The first-order valence-electron chi connectivity index (χ1n) is 5.91. The fourth-order valence-corrected chi connectivity index (χ4v) is 1.93. The first-order chi connectivity index (χ1) is 8.67. The molecule has 2 amide bonds. The lowest BCUT2D eigenvalue weighted by Gasteiger charge is -2.28. The molecular weight excluding hydrogens is 274 g/mol. The molecule has 0 heterocycles. The third-order valence-electron chi connectivity index (χ3n) is 2.74. The third kappa shape index (κ3) is 6.39. The number of nitrogens with one attached hydrogen (secondary N) is 3. The normalized spacial score (nSPS) is 11.9. The van der Waals surface area contributed by atoms with Gasteiger partial charge in [0.1, 0.15) is 5.54 Å². The molecule has 0 aromatic carbocycles. The maximum atomic E-state index is 11.5. The summed E-state index contributed by atoms with van der Waals surface area (Å²) in [7, 11) is -3.30. The van der Waals surface area contributed by atoms with Crippen molar-refractivity contribution in [2.24, 2.45) is 0 Å². The summed E-state index contributed by atoms with van der Waals surface area (Å²) in [5.74, 6) is -1.10. The molecule has 8 nitrogen and oxygen atoms in total. The van der Waals surface area contributed by atoms with Crippen LogP contribution in [0.4, 0.5) is 4.79 Å². The molecule has 0 rings (SSSR count). The molecule has 9 heteroatoms. The lowest BCUT2D eigenvalue weighted by molar-refractivity contribution is -0.144. The summed E-state index contributed by atoms with van der Waals surface area (Å²) in [6.07, 6.45) is 1.53. The maximum Gasteiger partial charge on any atom is 0.329 e. The van der Waals surface area contributed by atoms with Gasteiger partial charge in [-0.2, -0.15) is 0 Å². The fraction of sp³-hybridized carbons (Fsp3) is 0.800. The van der Waals surface area contributed by atoms with Crippen LogP contribution >= 0.6 is 0 Å². The molecular formula is C10H21N3O5S. The van der Waals surface area contributed by atoms with Gasteiger partial charge in [-0.1, -0.05) is 13.8 Å². The summed E-state index contributed by atoms with van der Waals surface area (Å²) < 4.78 is 23.7. The summed E-state index contributed by atoms with van der Waals surface area (Å²) in [5.41, 5.74) is -1.30. The number of carbonyl (C=O) groups excluding carboxylic acids is 1. The highest BCUT2D eigenvalue weighted by atomic mass is 32.2. The van der Waals surface area contributed by atoms with Gasteiger partial charge in [0.25, 0.3) is 0 Å². The summed E-state index contributed by atoms with van der Waals surface area (Å²) in [4.78, 5) is 22.7. The van der Waals surface area contributed by atoms with Gasteiger partial charge in [0.05, 0.1) is 6.26 Å². The van der Waals surface area contributed by atoms with Gasteiger partial charge in [0, 0.05) is 13.1 Å². The molecule has 0 aromatic heterocycles. The molecule has 0 saturated heterocycles. The van der Waals surface area contributed by atoms with Crippen molar-refractivity contribution in [3.8, 4) is 0 Å². The summed E-state index contributed by atoms with van der Waals surface area (Å²) in [6.45, 7) is 3.46. The highest BCUT2D eigenvalue weighted by Crippen LogP contribution is 2.14. The van der Waals surface area contributed by atoms with Gasteiger partial charge in [-0.3, -0.25) is 0 Å². The van der Waals surface area contributed by atoms with Crippen LogP contribution in [-0.2, 0) is 14.8 Å². The van der Waals surface area contributed by atoms with Crippen LogP contribution in [-0.4, -0.2) is 50.4 Å². The van der Waals surface area contributed by atoms with Crippen molar-refractivity contribution >= 4 is 22.0 Å². The molecule has 0 aliphatic carbocycles. The summed E-state index contributed by atoms with van der Waals surface area (Å²) in [6, 6.07) is -0.638. The number of carboxylic acid groups (broad SMARTS) is 1. The number of amides is 2. The molecule has 112 valence electrons. The molecule has 0 aromatic rings. The van der Waals surface area contributed by atoms with Gasteiger partial charge in [-0.15, -0.1) is 0 Å². The molecule has 0 aliphatic rings. The first-order valence-corrected chi connectivity index (χ1v) is 7.80. The van der Waals surface area contributed by atoms with Crippen LogP contribution in [0.3, 0.4) is 0 Å². The molecule has 0 radical (unpaired) electrons. The van der Waals surface area contributed by atoms with E-state index in [4.69, 9.17) is 5.11 Å². The number of carboxylic acids is 1. The van der Waals surface area contributed by atoms with Crippen molar-refractivity contribution in [3.63, 3.8) is 0 Å². The SMILES string of the molecule is CCC(CC)(NC(=O)NCCNS(C)(=O)=O)C(=O)O. The second-order valence-electron chi connectivity index (χ2n) is 4.14. The van der Waals surface area contributed by atoms with Crippen molar-refractivity contribution in [1.29, 1.82) is 0 Å². The quantitative estimate of drug-likeness (QED) is 0.448. The molecule has 4 N–H and O–H groups in total. The second-order valence-corrected chi connectivity index (χ2v) is 5.97. The van der Waals surface area contributed by atoms with E-state index in [0.717, 1.165) is 6.26 Å². The minimum atomic E-state index is -3.30. The van der Waals surface area contributed by atoms with E-state index in [1.54, 1.807) is 13.8 Å². The zero-order valence-electron chi connectivity index (χ0n) is 11.3. The molecule has 0 fully saturated rings. The third-order valence-corrected chi connectivity index (χ3v) is 3.47. The predicted octanol–water partition coefficient (Wildman–Crippen LogP) is -0.522. The Kier molecular flexibility index (Phi) is 6.77. The van der Waals surface area contributed by atoms with Crippen molar-refractivity contribution in [1.82, 2.24) is 15.4 Å². The Morgan fingerprint density at radius 3 is 2.05 bits per heavy atom. The van der Waals surface area contributed by atoms with Crippen LogP contribution in [0.25, 0.3) is 0 Å². The lowest BCUT2D eigenvalue weighted by atomic mass is 9.93. The van der Waals surface area contributed by atoms with Gasteiger partial charge in [0.15, 0.2) is 0 Å². The smallest absolute Gasteiger partial charge is 0.329 e. The number of rotatable bonds is 8. The van der Waals surface area contributed by atoms with Crippen LogP contribution in [0.15, 0.2) is 0 Å². The maximum absolute atomic E-state index is 11.5. The molecule has 0 atom stereocenters. The van der Waals surface area contributed by atoms with E-state index in [0.29, 0.717) is 0 Å². The van der Waals surface area contributed by atoms with E-state index in [2.05, 4.69) is 15.4 Å². The molecule has 0 bridgehead atoms. The van der Waals surface area contributed by atoms with Gasteiger partial charge < -0.3 is 15.7 Å². The van der Waals surface area contributed by atoms with Gasteiger partial charge >= 0.3 is 12.0 Å². The van der Waals surface area contributed by atoms with E-state index in [1.807, 2.05) is 0 Å². The Labute approximate surface area is 113 Å². The highest BCUT2D eigenvalue weighted by Gasteiger charge is 2.36. The molecule has 0 unspecified atom stereocenters. The lowest BCUT2D eigenvalue weighted by Crippen LogP contribution is -2.57. The van der Waals surface area contributed by atoms with Crippen LogP contribution in [0.2, 0.25) is 0 Å². The Balaban J connectivity index is 4.26. The second kappa shape index (κ2) is 7.29. The predicted molar refractivity (Wildman–Crippen MR) is 70.3 cm³/mol. The van der Waals surface area contributed by atoms with Crippen molar-refractivity contribution in [2.75, 3.05) is 19.3 Å². The van der Waals surface area contributed by atoms with Crippen molar-refractivity contribution in [3.05, 3.63) is 0 Å². The summed E-state index contributed by atoms with van der Waals surface area (Å²) in [5, 5.41) is 13.9. The van der Waals surface area contributed by atoms with Crippen molar-refractivity contribution < 1.29 is 23.1 Å². The monoisotopic (exact) mass is 295 g/mol. The zero-order valence-corrected chi connectivity index (χ0v) is 12.1. The Morgan fingerprint density at radius 1 is 1.16 bits per heavy atom. The number of aliphatic carboxylic acids is 1. The van der Waals surface area contributed by atoms with Gasteiger partial charge in [-0.25, -0.2) is 22.7 Å². The average molecular weight is 295 g/mol. The standard InChI is InChI=1S/C10H21N3O5S/c1-4-10(5-2,8(14)15)13-9(16)11-6-7-12-19(3,17)18/h12H,4-7H2,1-3H3,(H,14,15)(H2,11,13,16). The first kappa shape index (κ1) is 17.6. The fourth-order valence-electron chi connectivity index (χ4n) is 1.46. The van der Waals surface area contributed by atoms with E-state index in [1.165, 1.54) is 0 Å². The van der Waals surface area contributed by atoms with Crippen LogP contribution in [0, 0.1) is 0 Å². The largest absolute Gasteiger partial charge is 0.480 e. The van der Waals surface area contributed by atoms with Crippen LogP contribution < -0.4 is 15.4 Å². The molecule has 0 aliphatic heterocycles. The average Bonchev–Trinajstić information content (AvgIpc) is 2.30. The number of carbonyl (C=O) groups is 2. The zero-order chi connectivity index (χ0) is 15.1. The molecule has 0 spiro atoms. The summed E-state index contributed by atoms with van der Waals surface area (Å²) >= 11 is 0. The number of hydrogen-bond acceptors (Lipinski definition) is 4. The Hall–Kier alpha value is -1.35. The van der Waals surface area contributed by atoms with Crippen LogP contribution in [0.1, 0.15) is 26.7 Å². The Morgan fingerprint density at radius 2 is 1.68 bits per heavy atom.